The summed E-state index contributed by atoms with van der Waals surface area (Å²) in [7, 11) is 0. The van der Waals surface area contributed by atoms with Gasteiger partial charge in [-0.05, 0) is 85.1 Å². The van der Waals surface area contributed by atoms with Gasteiger partial charge in [-0.25, -0.2) is 15.0 Å². The van der Waals surface area contributed by atoms with Crippen LogP contribution in [0.5, 0.6) is 0 Å². The van der Waals surface area contributed by atoms with Crippen LogP contribution in [0.15, 0.2) is 241 Å². The zero-order valence-electron chi connectivity index (χ0n) is 35.3. The van der Waals surface area contributed by atoms with Crippen molar-refractivity contribution < 1.29 is 4.42 Å². The fourth-order valence-corrected chi connectivity index (χ4v) is 9.19. The van der Waals surface area contributed by atoms with Crippen molar-refractivity contribution in [2.24, 2.45) is 0 Å². The molecule has 0 aliphatic heterocycles. The minimum Gasteiger partial charge on any atom is -0.455 e. The quantitative estimate of drug-likeness (QED) is 0.153. The van der Waals surface area contributed by atoms with Crippen molar-refractivity contribution in [2.75, 3.05) is 0 Å². The van der Waals surface area contributed by atoms with Crippen LogP contribution in [0.3, 0.4) is 0 Å². The van der Waals surface area contributed by atoms with Crippen LogP contribution in [0.25, 0.3) is 123 Å². The lowest BCUT2D eigenvalue weighted by Crippen LogP contribution is -2.01. The van der Waals surface area contributed by atoms with Crippen LogP contribution in [-0.2, 0) is 0 Å². The van der Waals surface area contributed by atoms with Crippen LogP contribution in [0, 0.1) is 0 Å². The van der Waals surface area contributed by atoms with Crippen molar-refractivity contribution in [3.05, 3.63) is 237 Å². The molecule has 0 aliphatic carbocycles. The number of para-hydroxylation sites is 1. The predicted molar refractivity (Wildman–Crippen MR) is 268 cm³/mol. The van der Waals surface area contributed by atoms with Gasteiger partial charge in [-0.2, -0.15) is 0 Å². The molecule has 0 N–H and O–H groups in total. The van der Waals surface area contributed by atoms with Gasteiger partial charge in [0.1, 0.15) is 11.2 Å². The summed E-state index contributed by atoms with van der Waals surface area (Å²) in [6.07, 6.45) is 0. The number of hydrogen-bond donors (Lipinski definition) is 0. The largest absolute Gasteiger partial charge is 0.455 e. The van der Waals surface area contributed by atoms with Crippen LogP contribution >= 0.6 is 0 Å². The molecule has 4 heteroatoms. The van der Waals surface area contributed by atoms with E-state index in [2.05, 4.69) is 212 Å². The highest BCUT2D eigenvalue weighted by Crippen LogP contribution is 2.42. The van der Waals surface area contributed by atoms with E-state index in [0.29, 0.717) is 17.5 Å². The lowest BCUT2D eigenvalue weighted by atomic mass is 9.94. The summed E-state index contributed by atoms with van der Waals surface area (Å²) < 4.78 is 6.81. The van der Waals surface area contributed by atoms with E-state index < -0.39 is 0 Å². The third kappa shape index (κ3) is 7.04. The summed E-state index contributed by atoms with van der Waals surface area (Å²) in [5.74, 6) is 1.77. The van der Waals surface area contributed by atoms with E-state index in [1.807, 2.05) is 24.3 Å². The summed E-state index contributed by atoms with van der Waals surface area (Å²) in [6, 6.07) is 82.8. The maximum absolute atomic E-state index is 6.81. The van der Waals surface area contributed by atoms with E-state index in [-0.39, 0.29) is 0 Å². The number of nitrogens with zero attached hydrogens (tertiary/aromatic N) is 3. The van der Waals surface area contributed by atoms with E-state index in [9.17, 15) is 0 Å². The van der Waals surface area contributed by atoms with Crippen molar-refractivity contribution in [2.45, 2.75) is 0 Å². The molecule has 0 aliphatic rings. The summed E-state index contributed by atoms with van der Waals surface area (Å²) >= 11 is 0. The van der Waals surface area contributed by atoms with Gasteiger partial charge in [-0.1, -0.05) is 212 Å². The fraction of sp³-hybridized carbons (Fsp3) is 0. The highest BCUT2D eigenvalue weighted by molar-refractivity contribution is 6.15. The zero-order valence-corrected chi connectivity index (χ0v) is 35.3. The van der Waals surface area contributed by atoms with Crippen molar-refractivity contribution in [1.29, 1.82) is 0 Å². The topological polar surface area (TPSA) is 51.8 Å². The molecule has 4 nitrogen and oxygen atoms in total. The first-order valence-corrected chi connectivity index (χ1v) is 21.9. The first kappa shape index (κ1) is 38.0. The molecule has 0 fully saturated rings. The molecule has 0 bridgehead atoms. The van der Waals surface area contributed by atoms with Gasteiger partial charge in [0.2, 0.25) is 0 Å². The van der Waals surface area contributed by atoms with Gasteiger partial charge in [-0.15, -0.1) is 0 Å². The molecule has 0 spiro atoms. The monoisotopic (exact) mass is 829 g/mol. The molecule has 12 rings (SSSR count). The molecular formula is C61H39N3O. The molecule has 0 radical (unpaired) electrons. The van der Waals surface area contributed by atoms with Gasteiger partial charge < -0.3 is 4.42 Å². The number of hydrogen-bond acceptors (Lipinski definition) is 4. The third-order valence-electron chi connectivity index (χ3n) is 12.4. The first-order chi connectivity index (χ1) is 32.2. The van der Waals surface area contributed by atoms with Crippen LogP contribution in [0.1, 0.15) is 0 Å². The second-order valence-corrected chi connectivity index (χ2v) is 16.3. The Labute approximate surface area is 376 Å². The number of rotatable bonds is 8. The van der Waals surface area contributed by atoms with Gasteiger partial charge in [0.15, 0.2) is 17.5 Å². The number of aromatic nitrogens is 3. The molecule has 2 aromatic heterocycles. The van der Waals surface area contributed by atoms with Crippen LogP contribution in [-0.4, -0.2) is 15.0 Å². The van der Waals surface area contributed by atoms with Crippen LogP contribution < -0.4 is 0 Å². The summed E-state index contributed by atoms with van der Waals surface area (Å²) in [6.45, 7) is 0. The van der Waals surface area contributed by atoms with Crippen molar-refractivity contribution >= 4 is 32.7 Å². The normalized spacial score (nSPS) is 11.4. The van der Waals surface area contributed by atoms with E-state index in [4.69, 9.17) is 19.4 Å². The second-order valence-electron chi connectivity index (χ2n) is 16.3. The summed E-state index contributed by atoms with van der Waals surface area (Å²) in [5, 5.41) is 4.17. The SMILES string of the molecule is c1ccc(-c2cccc(-c3ccc(-c4nc(-c5ccc(-c6ccccc6)c6ccccc56)nc(-c5cccc6oc7c(-c8cccc(-c9ccccc9)c8)cccc7c56)n4)cc3)c2)cc1. The van der Waals surface area contributed by atoms with Gasteiger partial charge in [0.05, 0.1) is 0 Å². The highest BCUT2D eigenvalue weighted by Gasteiger charge is 2.21. The maximum atomic E-state index is 6.81. The molecule has 0 saturated heterocycles. The number of fused-ring (bicyclic) bond motifs is 4. The first-order valence-electron chi connectivity index (χ1n) is 21.9. The Hall–Kier alpha value is -8.73. The highest BCUT2D eigenvalue weighted by atomic mass is 16.3. The van der Waals surface area contributed by atoms with Crippen LogP contribution in [0.4, 0.5) is 0 Å². The number of furan rings is 1. The fourth-order valence-electron chi connectivity index (χ4n) is 9.19. The molecule has 0 atom stereocenters. The smallest absolute Gasteiger partial charge is 0.164 e. The van der Waals surface area contributed by atoms with E-state index in [0.717, 1.165) is 88.3 Å². The van der Waals surface area contributed by atoms with Crippen molar-refractivity contribution in [3.8, 4) is 89.8 Å². The Balaban J connectivity index is 1.02. The van der Waals surface area contributed by atoms with Gasteiger partial charge in [0.25, 0.3) is 0 Å². The van der Waals surface area contributed by atoms with E-state index in [1.54, 1.807) is 0 Å². The molecule has 304 valence electrons. The third-order valence-corrected chi connectivity index (χ3v) is 12.4. The van der Waals surface area contributed by atoms with Gasteiger partial charge in [0, 0.05) is 33.0 Å². The zero-order chi connectivity index (χ0) is 43.1. The van der Waals surface area contributed by atoms with E-state index >= 15 is 0 Å². The molecular weight excluding hydrogens is 791 g/mol. The maximum Gasteiger partial charge on any atom is 0.164 e. The predicted octanol–water partition coefficient (Wildman–Crippen LogP) is 16.3. The molecule has 0 amide bonds. The lowest BCUT2D eigenvalue weighted by Gasteiger charge is -2.13. The Bertz CT molecular complexity index is 3690. The van der Waals surface area contributed by atoms with Crippen LogP contribution in [0.2, 0.25) is 0 Å². The van der Waals surface area contributed by atoms with Gasteiger partial charge in [-0.3, -0.25) is 0 Å². The van der Waals surface area contributed by atoms with Crippen molar-refractivity contribution in [3.63, 3.8) is 0 Å². The van der Waals surface area contributed by atoms with Crippen molar-refractivity contribution in [1.82, 2.24) is 15.0 Å². The molecule has 65 heavy (non-hydrogen) atoms. The average molecular weight is 830 g/mol. The summed E-state index contributed by atoms with van der Waals surface area (Å²) in [4.78, 5) is 15.9. The Morgan fingerprint density at radius 1 is 0.246 bits per heavy atom. The average Bonchev–Trinajstić information content (AvgIpc) is 3.78. The Morgan fingerprint density at radius 3 is 1.34 bits per heavy atom. The summed E-state index contributed by atoms with van der Waals surface area (Å²) in [5.41, 5.74) is 15.7. The minimum absolute atomic E-state index is 0.575. The number of benzene rings is 10. The van der Waals surface area contributed by atoms with E-state index in [1.165, 1.54) is 16.7 Å². The molecule has 2 heterocycles. The standard InChI is InChI=1S/C61H39N3O/c1-4-16-40(17-5-1)45-22-12-23-46(38-45)42-32-34-44(35-33-42)59-62-60(53-37-36-49(43-20-8-3-9-21-43)51-26-10-11-27-52(51)53)64-61(63-59)55-30-15-31-56-57(55)54-29-14-28-50(58(54)65-56)48-25-13-24-47(39-48)41-18-6-2-7-19-41/h1-39H. The van der Waals surface area contributed by atoms with Gasteiger partial charge >= 0.3 is 0 Å². The second kappa shape index (κ2) is 16.2. The Kier molecular flexibility index (Phi) is 9.46. The minimum atomic E-state index is 0.575. The Morgan fingerprint density at radius 2 is 0.677 bits per heavy atom. The molecule has 12 aromatic rings. The molecule has 0 unspecified atom stereocenters. The lowest BCUT2D eigenvalue weighted by molar-refractivity contribution is 0.670. The molecule has 10 aromatic carbocycles. The molecule has 0 saturated carbocycles.